The molecule has 3 heterocycles. The Morgan fingerprint density at radius 3 is 2.47 bits per heavy atom. The minimum atomic E-state index is -0.294. The fourth-order valence-electron chi connectivity index (χ4n) is 3.98. The number of imidazole rings is 1. The first-order valence-electron chi connectivity index (χ1n) is 10.7. The summed E-state index contributed by atoms with van der Waals surface area (Å²) >= 11 is 0. The predicted octanol–water partition coefficient (Wildman–Crippen LogP) is 3.08. The lowest BCUT2D eigenvalue weighted by atomic mass is 10.1. The van der Waals surface area contributed by atoms with Gasteiger partial charge in [-0.2, -0.15) is 0 Å². The SMILES string of the molecule is C=CC=CC(=O)N1CC(n2c(=O)n(-c3ccc(Oc4ccccc4)cc3)c3c(N)ncnc32)C1. The second-order valence-electron chi connectivity index (χ2n) is 7.82. The standard InChI is InChI=1S/C25H22N6O3/c1-2-3-9-21(32)29-14-18(15-29)31-24-22(23(26)27-16-28-24)30(25(31)33)17-10-12-20(13-11-17)34-19-7-5-4-6-8-19/h2-13,16,18H,1,14-15H2,(H2,26,27,28). The van der Waals surface area contributed by atoms with Crippen molar-refractivity contribution in [1.29, 1.82) is 0 Å². The minimum Gasteiger partial charge on any atom is -0.457 e. The molecule has 4 aromatic rings. The highest BCUT2D eigenvalue weighted by Gasteiger charge is 2.35. The van der Waals surface area contributed by atoms with Gasteiger partial charge in [0.05, 0.1) is 11.7 Å². The molecule has 0 spiro atoms. The molecule has 1 saturated heterocycles. The van der Waals surface area contributed by atoms with Crippen molar-refractivity contribution in [3.05, 3.63) is 96.2 Å². The van der Waals surface area contributed by atoms with Crippen LogP contribution in [0.3, 0.4) is 0 Å². The number of allylic oxidation sites excluding steroid dienone is 2. The second kappa shape index (κ2) is 8.70. The molecule has 0 bridgehead atoms. The molecule has 9 heteroatoms. The number of benzene rings is 2. The Morgan fingerprint density at radius 2 is 1.76 bits per heavy atom. The van der Waals surface area contributed by atoms with Gasteiger partial charge in [0, 0.05) is 19.2 Å². The van der Waals surface area contributed by atoms with Gasteiger partial charge in [0.25, 0.3) is 0 Å². The second-order valence-corrected chi connectivity index (χ2v) is 7.82. The molecule has 170 valence electrons. The van der Waals surface area contributed by atoms with Gasteiger partial charge in [-0.15, -0.1) is 0 Å². The van der Waals surface area contributed by atoms with Gasteiger partial charge < -0.3 is 15.4 Å². The number of nitrogen functional groups attached to an aromatic ring is 1. The molecule has 2 aromatic heterocycles. The van der Waals surface area contributed by atoms with Crippen molar-refractivity contribution in [3.63, 3.8) is 0 Å². The molecule has 2 N–H and O–H groups in total. The van der Waals surface area contributed by atoms with Gasteiger partial charge in [-0.25, -0.2) is 14.8 Å². The average molecular weight is 454 g/mol. The summed E-state index contributed by atoms with van der Waals surface area (Å²) in [6, 6.07) is 16.4. The van der Waals surface area contributed by atoms with E-state index in [0.717, 1.165) is 0 Å². The van der Waals surface area contributed by atoms with E-state index in [1.165, 1.54) is 17.0 Å². The molecule has 34 heavy (non-hydrogen) atoms. The van der Waals surface area contributed by atoms with E-state index in [0.29, 0.717) is 41.4 Å². The van der Waals surface area contributed by atoms with Crippen molar-refractivity contribution in [1.82, 2.24) is 24.0 Å². The highest BCUT2D eigenvalue weighted by molar-refractivity contribution is 5.89. The van der Waals surface area contributed by atoms with Crippen molar-refractivity contribution in [3.8, 4) is 17.2 Å². The van der Waals surface area contributed by atoms with Gasteiger partial charge in [-0.05, 0) is 36.4 Å². The molecule has 1 aliphatic rings. The van der Waals surface area contributed by atoms with E-state index < -0.39 is 0 Å². The number of rotatable bonds is 6. The number of amides is 1. The van der Waals surface area contributed by atoms with Gasteiger partial charge in [0.1, 0.15) is 23.3 Å². The van der Waals surface area contributed by atoms with E-state index in [1.54, 1.807) is 45.9 Å². The fourth-order valence-corrected chi connectivity index (χ4v) is 3.98. The zero-order valence-electron chi connectivity index (χ0n) is 18.2. The topological polar surface area (TPSA) is 108 Å². The van der Waals surface area contributed by atoms with Gasteiger partial charge in [-0.3, -0.25) is 13.9 Å². The number of carbonyl (C=O) groups excluding carboxylic acids is 1. The van der Waals surface area contributed by atoms with E-state index in [2.05, 4.69) is 16.5 Å². The van der Waals surface area contributed by atoms with Gasteiger partial charge in [0.2, 0.25) is 5.91 Å². The number of likely N-dealkylation sites (tertiary alicyclic amines) is 1. The Morgan fingerprint density at radius 1 is 1.06 bits per heavy atom. The van der Waals surface area contributed by atoms with E-state index in [1.807, 2.05) is 30.3 Å². The highest BCUT2D eigenvalue weighted by Crippen LogP contribution is 2.28. The molecule has 5 rings (SSSR count). The molecule has 0 saturated carbocycles. The number of fused-ring (bicyclic) bond motifs is 1. The average Bonchev–Trinajstić information content (AvgIpc) is 3.11. The van der Waals surface area contributed by atoms with Crippen LogP contribution in [0.4, 0.5) is 5.82 Å². The summed E-state index contributed by atoms with van der Waals surface area (Å²) in [4.78, 5) is 35.8. The number of nitrogens with two attached hydrogens (primary N) is 1. The third-order valence-corrected chi connectivity index (χ3v) is 5.67. The van der Waals surface area contributed by atoms with Crippen molar-refractivity contribution >= 4 is 22.9 Å². The normalized spacial score (nSPS) is 13.8. The number of hydrogen-bond acceptors (Lipinski definition) is 6. The summed E-state index contributed by atoms with van der Waals surface area (Å²) in [5, 5.41) is 0. The molecule has 0 aliphatic carbocycles. The molecular weight excluding hydrogens is 432 g/mol. The Bertz CT molecular complexity index is 1450. The number of aromatic nitrogens is 4. The smallest absolute Gasteiger partial charge is 0.335 e. The predicted molar refractivity (Wildman–Crippen MR) is 129 cm³/mol. The minimum absolute atomic E-state index is 0.129. The lowest BCUT2D eigenvalue weighted by Gasteiger charge is -2.38. The summed E-state index contributed by atoms with van der Waals surface area (Å²) in [7, 11) is 0. The number of carbonyl (C=O) groups is 1. The maximum atomic E-state index is 13.5. The zero-order valence-corrected chi connectivity index (χ0v) is 18.2. The Hall–Kier alpha value is -4.66. The Labute approximate surface area is 195 Å². The summed E-state index contributed by atoms with van der Waals surface area (Å²) in [6.45, 7) is 4.36. The number of hydrogen-bond donors (Lipinski definition) is 1. The van der Waals surface area contributed by atoms with Crippen LogP contribution >= 0.6 is 0 Å². The van der Waals surface area contributed by atoms with E-state index in [9.17, 15) is 9.59 Å². The van der Waals surface area contributed by atoms with Crippen molar-refractivity contribution in [2.24, 2.45) is 0 Å². The highest BCUT2D eigenvalue weighted by atomic mass is 16.5. The van der Waals surface area contributed by atoms with Crippen LogP contribution in [0.25, 0.3) is 16.9 Å². The lowest BCUT2D eigenvalue weighted by Crippen LogP contribution is -2.52. The fraction of sp³-hybridized carbons (Fsp3) is 0.120. The largest absolute Gasteiger partial charge is 0.457 e. The molecule has 1 aliphatic heterocycles. The van der Waals surface area contributed by atoms with Crippen LogP contribution in [-0.2, 0) is 4.79 Å². The van der Waals surface area contributed by atoms with E-state index in [4.69, 9.17) is 10.5 Å². The molecular formula is C25H22N6O3. The maximum Gasteiger partial charge on any atom is 0.335 e. The van der Waals surface area contributed by atoms with Crippen molar-refractivity contribution < 1.29 is 9.53 Å². The number of para-hydroxylation sites is 1. The van der Waals surface area contributed by atoms with E-state index >= 15 is 0 Å². The van der Waals surface area contributed by atoms with Gasteiger partial charge in [-0.1, -0.05) is 36.9 Å². The summed E-state index contributed by atoms with van der Waals surface area (Å²) in [6.07, 6.45) is 5.92. The number of nitrogens with zero attached hydrogens (tertiary/aromatic N) is 5. The summed E-state index contributed by atoms with van der Waals surface area (Å²) in [5.74, 6) is 1.42. The maximum absolute atomic E-state index is 13.5. The van der Waals surface area contributed by atoms with E-state index in [-0.39, 0.29) is 23.5 Å². The Balaban J connectivity index is 1.49. The van der Waals surface area contributed by atoms with Crippen molar-refractivity contribution in [2.75, 3.05) is 18.8 Å². The lowest BCUT2D eigenvalue weighted by molar-refractivity contribution is -0.131. The monoisotopic (exact) mass is 454 g/mol. The summed E-state index contributed by atoms with van der Waals surface area (Å²) < 4.78 is 8.94. The molecule has 2 aromatic carbocycles. The van der Waals surface area contributed by atoms with Gasteiger partial charge in [0.15, 0.2) is 11.5 Å². The zero-order chi connectivity index (χ0) is 23.7. The first-order valence-corrected chi connectivity index (χ1v) is 10.7. The van der Waals surface area contributed by atoms with Crippen LogP contribution in [0, 0.1) is 0 Å². The molecule has 0 atom stereocenters. The van der Waals surface area contributed by atoms with Crippen LogP contribution in [0.5, 0.6) is 11.5 Å². The van der Waals surface area contributed by atoms with Crippen LogP contribution in [0.2, 0.25) is 0 Å². The van der Waals surface area contributed by atoms with Crippen LogP contribution < -0.4 is 16.2 Å². The van der Waals surface area contributed by atoms with Crippen LogP contribution in [-0.4, -0.2) is 43.0 Å². The Kier molecular flexibility index (Phi) is 5.43. The van der Waals surface area contributed by atoms with Crippen LogP contribution in [0.15, 0.2) is 90.5 Å². The molecule has 0 radical (unpaired) electrons. The summed E-state index contributed by atoms with van der Waals surface area (Å²) in [5.41, 5.74) is 7.34. The van der Waals surface area contributed by atoms with Crippen LogP contribution in [0.1, 0.15) is 6.04 Å². The van der Waals surface area contributed by atoms with Gasteiger partial charge >= 0.3 is 5.69 Å². The first-order chi connectivity index (χ1) is 16.6. The molecule has 0 unspecified atom stereocenters. The molecule has 1 amide bonds. The third kappa shape index (κ3) is 3.73. The van der Waals surface area contributed by atoms with Crippen molar-refractivity contribution in [2.45, 2.75) is 6.04 Å². The molecule has 9 nitrogen and oxygen atoms in total. The number of ether oxygens (including phenoxy) is 1. The number of anilines is 1. The first kappa shape index (κ1) is 21.2. The molecule has 1 fully saturated rings. The third-order valence-electron chi connectivity index (χ3n) is 5.67. The quantitative estimate of drug-likeness (QED) is 0.354.